The molecule has 1 aliphatic heterocycles. The van der Waals surface area contributed by atoms with Gasteiger partial charge in [-0.25, -0.2) is 4.39 Å². The van der Waals surface area contributed by atoms with Crippen LogP contribution in [0, 0.1) is 0 Å². The third-order valence-electron chi connectivity index (χ3n) is 2.61. The average molecular weight is 158 g/mol. The number of halogens is 1. The summed E-state index contributed by atoms with van der Waals surface area (Å²) in [6.07, 6.45) is 2.56. The molecule has 2 fully saturated rings. The highest BCUT2D eigenvalue weighted by molar-refractivity contribution is 4.98. The fourth-order valence-corrected chi connectivity index (χ4v) is 1.70. The quantitative estimate of drug-likeness (QED) is 0.635. The molecule has 11 heavy (non-hydrogen) atoms. The van der Waals surface area contributed by atoms with Gasteiger partial charge in [0.2, 0.25) is 0 Å². The van der Waals surface area contributed by atoms with Crippen LogP contribution in [-0.2, 0) is 0 Å². The van der Waals surface area contributed by atoms with Gasteiger partial charge in [-0.05, 0) is 25.8 Å². The maximum atomic E-state index is 13.2. The zero-order chi connectivity index (χ0) is 7.90. The zero-order valence-electron chi connectivity index (χ0n) is 6.72. The van der Waals surface area contributed by atoms with Crippen LogP contribution in [0.5, 0.6) is 0 Å². The fraction of sp³-hybridized carbons (Fsp3) is 1.00. The van der Waals surface area contributed by atoms with Gasteiger partial charge in [-0.1, -0.05) is 0 Å². The van der Waals surface area contributed by atoms with Crippen molar-refractivity contribution in [3.05, 3.63) is 0 Å². The predicted octanol–water partition coefficient (Wildman–Crippen LogP) is 0.521. The van der Waals surface area contributed by atoms with E-state index in [-0.39, 0.29) is 6.04 Å². The Bertz CT molecular complexity index is 156. The molecule has 64 valence electrons. The van der Waals surface area contributed by atoms with E-state index in [0.717, 1.165) is 32.4 Å². The third-order valence-corrected chi connectivity index (χ3v) is 2.61. The molecule has 1 saturated heterocycles. The molecule has 2 rings (SSSR count). The summed E-state index contributed by atoms with van der Waals surface area (Å²) < 4.78 is 13.2. The van der Waals surface area contributed by atoms with Gasteiger partial charge in [0, 0.05) is 19.1 Å². The van der Waals surface area contributed by atoms with Crippen molar-refractivity contribution in [2.24, 2.45) is 5.73 Å². The van der Waals surface area contributed by atoms with Crippen LogP contribution in [0.4, 0.5) is 4.39 Å². The number of alkyl halides is 1. The largest absolute Gasteiger partial charge is 0.326 e. The lowest BCUT2D eigenvalue weighted by molar-refractivity contribution is 0.201. The normalized spacial score (nSPS) is 36.0. The van der Waals surface area contributed by atoms with Gasteiger partial charge in [-0.2, -0.15) is 0 Å². The first-order chi connectivity index (χ1) is 5.18. The molecule has 0 amide bonds. The van der Waals surface area contributed by atoms with Crippen molar-refractivity contribution < 1.29 is 4.39 Å². The number of rotatable bonds is 2. The summed E-state index contributed by atoms with van der Waals surface area (Å²) in [5.41, 5.74) is 4.87. The molecule has 1 saturated carbocycles. The Labute approximate surface area is 66.5 Å². The highest BCUT2D eigenvalue weighted by Crippen LogP contribution is 2.40. The van der Waals surface area contributed by atoms with Crippen LogP contribution in [-0.4, -0.2) is 36.2 Å². The minimum absolute atomic E-state index is 0.289. The molecule has 2 nitrogen and oxygen atoms in total. The summed E-state index contributed by atoms with van der Waals surface area (Å²) in [7, 11) is 0. The summed E-state index contributed by atoms with van der Waals surface area (Å²) in [6, 6.07) is 0.289. The van der Waals surface area contributed by atoms with Crippen molar-refractivity contribution in [1.29, 1.82) is 0 Å². The van der Waals surface area contributed by atoms with Crippen LogP contribution in [0.25, 0.3) is 0 Å². The molecule has 0 spiro atoms. The predicted molar refractivity (Wildman–Crippen MR) is 42.1 cm³/mol. The van der Waals surface area contributed by atoms with E-state index >= 15 is 0 Å². The molecule has 2 N–H and O–H groups in total. The molecule has 0 bridgehead atoms. The maximum Gasteiger partial charge on any atom is 0.123 e. The van der Waals surface area contributed by atoms with E-state index in [9.17, 15) is 4.39 Å². The number of hydrogen-bond donors (Lipinski definition) is 1. The standard InChI is InChI=1S/C8H15FN2/c9-8(2-3-8)6-11-4-1-7(10)5-11/h7H,1-6,10H2/t7-/m0/s1. The Kier molecular flexibility index (Phi) is 1.65. The Morgan fingerprint density at radius 2 is 2.27 bits per heavy atom. The number of nitrogens with zero attached hydrogens (tertiary/aromatic N) is 1. The molecule has 1 aliphatic carbocycles. The van der Waals surface area contributed by atoms with Crippen molar-refractivity contribution in [2.45, 2.75) is 31.0 Å². The van der Waals surface area contributed by atoms with Gasteiger partial charge in [0.1, 0.15) is 5.67 Å². The minimum atomic E-state index is -0.829. The van der Waals surface area contributed by atoms with Gasteiger partial charge in [0.15, 0.2) is 0 Å². The van der Waals surface area contributed by atoms with Crippen molar-refractivity contribution >= 4 is 0 Å². The second-order valence-corrected chi connectivity index (χ2v) is 3.93. The summed E-state index contributed by atoms with van der Waals surface area (Å²) in [6.45, 7) is 2.51. The second-order valence-electron chi connectivity index (χ2n) is 3.93. The van der Waals surface area contributed by atoms with Gasteiger partial charge in [0.25, 0.3) is 0 Å². The molecule has 1 heterocycles. The summed E-state index contributed by atoms with van der Waals surface area (Å²) in [5.74, 6) is 0. The minimum Gasteiger partial charge on any atom is -0.326 e. The Morgan fingerprint density at radius 1 is 1.55 bits per heavy atom. The number of likely N-dealkylation sites (tertiary alicyclic amines) is 1. The highest BCUT2D eigenvalue weighted by atomic mass is 19.1. The fourth-order valence-electron chi connectivity index (χ4n) is 1.70. The Hall–Kier alpha value is -0.150. The molecule has 0 aromatic rings. The van der Waals surface area contributed by atoms with Gasteiger partial charge in [0.05, 0.1) is 0 Å². The Morgan fingerprint density at radius 3 is 2.73 bits per heavy atom. The molecule has 1 atom stereocenters. The summed E-state index contributed by atoms with van der Waals surface area (Å²) in [5, 5.41) is 0. The van der Waals surface area contributed by atoms with Crippen LogP contribution in [0.15, 0.2) is 0 Å². The summed E-state index contributed by atoms with van der Waals surface area (Å²) in [4.78, 5) is 2.15. The van der Waals surface area contributed by atoms with Crippen molar-refractivity contribution in [2.75, 3.05) is 19.6 Å². The smallest absolute Gasteiger partial charge is 0.123 e. The van der Waals surface area contributed by atoms with E-state index in [2.05, 4.69) is 4.90 Å². The first-order valence-corrected chi connectivity index (χ1v) is 4.35. The lowest BCUT2D eigenvalue weighted by atomic mass is 10.3. The molecule has 0 unspecified atom stereocenters. The molecule has 0 radical (unpaired) electrons. The number of hydrogen-bond acceptors (Lipinski definition) is 2. The topological polar surface area (TPSA) is 29.3 Å². The highest BCUT2D eigenvalue weighted by Gasteiger charge is 2.45. The summed E-state index contributed by atoms with van der Waals surface area (Å²) >= 11 is 0. The van der Waals surface area contributed by atoms with E-state index in [0.29, 0.717) is 6.54 Å². The Balaban J connectivity index is 1.79. The number of nitrogens with two attached hydrogens (primary N) is 1. The SMILES string of the molecule is N[C@H]1CCN(CC2(F)CC2)C1. The third kappa shape index (κ3) is 1.71. The average Bonchev–Trinajstić information content (AvgIpc) is 2.49. The van der Waals surface area contributed by atoms with Crippen LogP contribution in [0.1, 0.15) is 19.3 Å². The van der Waals surface area contributed by atoms with Crippen LogP contribution >= 0.6 is 0 Å². The molecular weight excluding hydrogens is 143 g/mol. The van der Waals surface area contributed by atoms with Crippen molar-refractivity contribution in [1.82, 2.24) is 4.90 Å². The van der Waals surface area contributed by atoms with E-state index in [4.69, 9.17) is 5.73 Å². The van der Waals surface area contributed by atoms with Crippen LogP contribution < -0.4 is 5.73 Å². The van der Waals surface area contributed by atoms with Gasteiger partial charge in [-0.15, -0.1) is 0 Å². The monoisotopic (exact) mass is 158 g/mol. The first-order valence-electron chi connectivity index (χ1n) is 4.35. The molecule has 2 aliphatic rings. The van der Waals surface area contributed by atoms with Crippen molar-refractivity contribution in [3.63, 3.8) is 0 Å². The molecule has 0 aromatic heterocycles. The van der Waals surface area contributed by atoms with E-state index < -0.39 is 5.67 Å². The molecule has 0 aromatic carbocycles. The van der Waals surface area contributed by atoms with Gasteiger partial charge in [-0.3, -0.25) is 4.90 Å². The molecule has 3 heteroatoms. The van der Waals surface area contributed by atoms with Gasteiger partial charge < -0.3 is 5.73 Å². The van der Waals surface area contributed by atoms with E-state index in [1.165, 1.54) is 0 Å². The lowest BCUT2D eigenvalue weighted by Gasteiger charge is -2.16. The maximum absolute atomic E-state index is 13.2. The molecular formula is C8H15FN2. The van der Waals surface area contributed by atoms with Crippen LogP contribution in [0.2, 0.25) is 0 Å². The lowest BCUT2D eigenvalue weighted by Crippen LogP contribution is -2.32. The van der Waals surface area contributed by atoms with E-state index in [1.807, 2.05) is 0 Å². The second kappa shape index (κ2) is 2.42. The van der Waals surface area contributed by atoms with Gasteiger partial charge >= 0.3 is 0 Å². The zero-order valence-corrected chi connectivity index (χ0v) is 6.72. The van der Waals surface area contributed by atoms with Crippen LogP contribution in [0.3, 0.4) is 0 Å². The van der Waals surface area contributed by atoms with E-state index in [1.54, 1.807) is 0 Å². The van der Waals surface area contributed by atoms with Crippen molar-refractivity contribution in [3.8, 4) is 0 Å². The first kappa shape index (κ1) is 7.50.